The van der Waals surface area contributed by atoms with Crippen LogP contribution in [-0.4, -0.2) is 43.6 Å². The zero-order valence-electron chi connectivity index (χ0n) is 20.4. The maximum atomic E-state index is 13.2. The second-order valence-corrected chi connectivity index (χ2v) is 11.1. The molecule has 0 unspecified atom stereocenters. The van der Waals surface area contributed by atoms with Gasteiger partial charge in [0, 0.05) is 36.3 Å². The van der Waals surface area contributed by atoms with Crippen LogP contribution in [0, 0.1) is 0 Å². The number of urea groups is 1. The highest BCUT2D eigenvalue weighted by atomic mass is 35.5. The fraction of sp³-hybridized carbons (Fsp3) is 0.111. The topological polar surface area (TPSA) is 113 Å². The molecule has 0 saturated carbocycles. The van der Waals surface area contributed by atoms with E-state index in [0.717, 1.165) is 17.4 Å². The number of halogens is 1. The largest absolute Gasteiger partial charge is 0.330 e. The van der Waals surface area contributed by atoms with E-state index in [1.165, 1.54) is 23.0 Å². The van der Waals surface area contributed by atoms with E-state index in [0.29, 0.717) is 27.5 Å². The number of benzene rings is 3. The molecule has 1 aliphatic rings. The Morgan fingerprint density at radius 1 is 1.00 bits per heavy atom. The Bertz CT molecular complexity index is 1660. The molecule has 0 radical (unpaired) electrons. The van der Waals surface area contributed by atoms with Crippen molar-refractivity contribution in [1.29, 1.82) is 0 Å². The summed E-state index contributed by atoms with van der Waals surface area (Å²) in [6.07, 6.45) is 2.39. The first-order valence-electron chi connectivity index (χ1n) is 11.5. The van der Waals surface area contributed by atoms with Gasteiger partial charge >= 0.3 is 6.03 Å². The molecule has 11 heteroatoms. The SMILES string of the molecule is CN1C(=O)N(c2cc(NC(=O)c3ccc(-c4ccccc4)cc3)ccc2Cl)Cc2cnc(S(C)(=O)=O)nc21. The van der Waals surface area contributed by atoms with Gasteiger partial charge in [-0.05, 0) is 41.5 Å². The molecular weight excluding hydrogens is 526 g/mol. The zero-order chi connectivity index (χ0) is 27.0. The van der Waals surface area contributed by atoms with Gasteiger partial charge in [0.25, 0.3) is 5.91 Å². The summed E-state index contributed by atoms with van der Waals surface area (Å²) in [6, 6.07) is 21.5. The first kappa shape index (κ1) is 25.4. The van der Waals surface area contributed by atoms with E-state index >= 15 is 0 Å². The van der Waals surface area contributed by atoms with Crippen LogP contribution in [0.15, 0.2) is 84.1 Å². The van der Waals surface area contributed by atoms with E-state index in [1.807, 2.05) is 42.5 Å². The smallest absolute Gasteiger partial charge is 0.322 e. The Kier molecular flexibility index (Phi) is 6.60. The fourth-order valence-corrected chi connectivity index (χ4v) is 4.82. The summed E-state index contributed by atoms with van der Waals surface area (Å²) >= 11 is 6.45. The normalized spacial score (nSPS) is 13.3. The van der Waals surface area contributed by atoms with Crippen molar-refractivity contribution in [2.45, 2.75) is 11.7 Å². The van der Waals surface area contributed by atoms with Crippen LogP contribution in [0.2, 0.25) is 5.02 Å². The average Bonchev–Trinajstić information content (AvgIpc) is 2.91. The van der Waals surface area contributed by atoms with Crippen molar-refractivity contribution in [3.63, 3.8) is 0 Å². The first-order valence-corrected chi connectivity index (χ1v) is 13.8. The van der Waals surface area contributed by atoms with Gasteiger partial charge in [-0.15, -0.1) is 0 Å². The molecule has 1 aliphatic heterocycles. The third-order valence-electron chi connectivity index (χ3n) is 6.06. The summed E-state index contributed by atoms with van der Waals surface area (Å²) in [7, 11) is -2.15. The number of aromatic nitrogens is 2. The first-order chi connectivity index (χ1) is 18.1. The number of sulfone groups is 1. The molecule has 38 heavy (non-hydrogen) atoms. The van der Waals surface area contributed by atoms with Crippen LogP contribution in [-0.2, 0) is 16.4 Å². The van der Waals surface area contributed by atoms with E-state index in [-0.39, 0.29) is 23.4 Å². The van der Waals surface area contributed by atoms with E-state index in [2.05, 4.69) is 15.3 Å². The van der Waals surface area contributed by atoms with Crippen molar-refractivity contribution >= 4 is 50.6 Å². The van der Waals surface area contributed by atoms with Crippen molar-refractivity contribution < 1.29 is 18.0 Å². The number of anilines is 3. The Labute approximate surface area is 224 Å². The van der Waals surface area contributed by atoms with Gasteiger partial charge in [0.05, 0.1) is 17.3 Å². The predicted octanol–water partition coefficient (Wildman–Crippen LogP) is 5.03. The van der Waals surface area contributed by atoms with Gasteiger partial charge in [-0.2, -0.15) is 0 Å². The molecule has 9 nitrogen and oxygen atoms in total. The maximum Gasteiger partial charge on any atom is 0.330 e. The molecule has 0 aliphatic carbocycles. The monoisotopic (exact) mass is 547 g/mol. The molecule has 1 aromatic heterocycles. The second-order valence-electron chi connectivity index (χ2n) is 8.77. The highest BCUT2D eigenvalue weighted by molar-refractivity contribution is 7.90. The molecule has 5 rings (SSSR count). The minimum atomic E-state index is -3.64. The summed E-state index contributed by atoms with van der Waals surface area (Å²) in [6.45, 7) is 0.0701. The lowest BCUT2D eigenvalue weighted by Crippen LogP contribution is -2.46. The van der Waals surface area contributed by atoms with Gasteiger partial charge in [-0.1, -0.05) is 54.1 Å². The lowest BCUT2D eigenvalue weighted by Gasteiger charge is -2.34. The lowest BCUT2D eigenvalue weighted by atomic mass is 10.0. The molecule has 3 aromatic carbocycles. The van der Waals surface area contributed by atoms with Crippen LogP contribution in [0.1, 0.15) is 15.9 Å². The van der Waals surface area contributed by atoms with Crippen LogP contribution in [0.4, 0.5) is 22.0 Å². The number of fused-ring (bicyclic) bond motifs is 1. The fourth-order valence-electron chi connectivity index (χ4n) is 4.11. The molecule has 2 heterocycles. The van der Waals surface area contributed by atoms with Crippen molar-refractivity contribution in [3.05, 3.63) is 95.1 Å². The quantitative estimate of drug-likeness (QED) is 0.351. The molecule has 0 fully saturated rings. The molecule has 192 valence electrons. The van der Waals surface area contributed by atoms with Crippen molar-refractivity contribution in [1.82, 2.24) is 9.97 Å². The molecule has 4 aromatic rings. The Morgan fingerprint density at radius 2 is 1.68 bits per heavy atom. The second kappa shape index (κ2) is 9.88. The Morgan fingerprint density at radius 3 is 2.37 bits per heavy atom. The Hall–Kier alpha value is -4.28. The van der Waals surface area contributed by atoms with E-state index in [4.69, 9.17) is 11.6 Å². The molecule has 0 spiro atoms. The number of carbonyl (C=O) groups excluding carboxylic acids is 2. The average molecular weight is 548 g/mol. The number of rotatable bonds is 5. The summed E-state index contributed by atoms with van der Waals surface area (Å²) in [4.78, 5) is 36.8. The van der Waals surface area contributed by atoms with Gasteiger partial charge in [0.1, 0.15) is 5.82 Å². The molecule has 0 bridgehead atoms. The van der Waals surface area contributed by atoms with E-state index in [9.17, 15) is 18.0 Å². The molecule has 0 saturated heterocycles. The van der Waals surface area contributed by atoms with E-state index < -0.39 is 15.9 Å². The van der Waals surface area contributed by atoms with Gasteiger partial charge in [0.2, 0.25) is 15.0 Å². The van der Waals surface area contributed by atoms with Crippen LogP contribution >= 0.6 is 11.6 Å². The third-order valence-corrected chi connectivity index (χ3v) is 7.24. The van der Waals surface area contributed by atoms with Crippen LogP contribution in [0.25, 0.3) is 11.1 Å². The predicted molar refractivity (Wildman–Crippen MR) is 146 cm³/mol. The summed E-state index contributed by atoms with van der Waals surface area (Å²) < 4.78 is 23.7. The molecular formula is C27H22ClN5O4S. The summed E-state index contributed by atoms with van der Waals surface area (Å²) in [5.41, 5.74) is 3.89. The third kappa shape index (κ3) is 4.96. The van der Waals surface area contributed by atoms with Crippen LogP contribution in [0.3, 0.4) is 0 Å². The van der Waals surface area contributed by atoms with E-state index in [1.54, 1.807) is 30.3 Å². The van der Waals surface area contributed by atoms with Crippen molar-refractivity contribution in [3.8, 4) is 11.1 Å². The lowest BCUT2D eigenvalue weighted by molar-refractivity contribution is 0.102. The highest BCUT2D eigenvalue weighted by Crippen LogP contribution is 2.35. The zero-order valence-corrected chi connectivity index (χ0v) is 22.0. The van der Waals surface area contributed by atoms with Gasteiger partial charge < -0.3 is 5.32 Å². The Balaban J connectivity index is 1.38. The number of hydrogen-bond donors (Lipinski definition) is 1. The minimum Gasteiger partial charge on any atom is -0.322 e. The minimum absolute atomic E-state index is 0.0701. The standard InChI is InChI=1S/C27H22ClN5O4S/c1-32-24-20(15-29-26(31-24)38(2,36)37)16-33(27(32)35)23-14-21(12-13-22(23)28)30-25(34)19-10-8-18(9-11-19)17-6-4-3-5-7-17/h3-15H,16H2,1-2H3,(H,30,34). The summed E-state index contributed by atoms with van der Waals surface area (Å²) in [5, 5.41) is 2.80. The van der Waals surface area contributed by atoms with Crippen molar-refractivity contribution in [2.75, 3.05) is 28.4 Å². The number of nitrogens with zero attached hydrogens (tertiary/aromatic N) is 4. The van der Waals surface area contributed by atoms with Crippen molar-refractivity contribution in [2.24, 2.45) is 0 Å². The summed E-state index contributed by atoms with van der Waals surface area (Å²) in [5.74, 6) is -0.103. The number of nitrogens with one attached hydrogen (secondary N) is 1. The van der Waals surface area contributed by atoms with Gasteiger partial charge in [0.15, 0.2) is 0 Å². The number of amides is 3. The maximum absolute atomic E-state index is 13.2. The van der Waals surface area contributed by atoms with Gasteiger partial charge in [-0.3, -0.25) is 14.6 Å². The molecule has 0 atom stereocenters. The number of carbonyl (C=O) groups is 2. The van der Waals surface area contributed by atoms with Crippen LogP contribution in [0.5, 0.6) is 0 Å². The van der Waals surface area contributed by atoms with Gasteiger partial charge in [-0.25, -0.2) is 23.2 Å². The van der Waals surface area contributed by atoms with Crippen LogP contribution < -0.4 is 15.1 Å². The highest BCUT2D eigenvalue weighted by Gasteiger charge is 2.32. The molecule has 3 amide bonds. The number of hydrogen-bond acceptors (Lipinski definition) is 6. The molecule has 1 N–H and O–H groups in total.